The molecule has 2 aromatic rings. The van der Waals surface area contributed by atoms with Crippen LogP contribution in [0.4, 0.5) is 4.79 Å². The van der Waals surface area contributed by atoms with E-state index < -0.39 is 27.7 Å². The quantitative estimate of drug-likeness (QED) is 0.541. The smallest absolute Gasteiger partial charge is 0.335 e. The van der Waals surface area contributed by atoms with E-state index in [1.54, 1.807) is 12.0 Å². The molecule has 1 N–H and O–H groups in total. The van der Waals surface area contributed by atoms with Gasteiger partial charge in [-0.3, -0.25) is 4.79 Å². The van der Waals surface area contributed by atoms with Gasteiger partial charge in [-0.2, -0.15) is 0 Å². The van der Waals surface area contributed by atoms with Crippen LogP contribution in [0.25, 0.3) is 0 Å². The van der Waals surface area contributed by atoms with Crippen LogP contribution in [0.15, 0.2) is 48.5 Å². The number of amides is 3. The molecule has 0 spiro atoms. The number of nitrogens with zero attached hydrogens (tertiary/aromatic N) is 3. The minimum Gasteiger partial charge on any atom is -0.497 e. The molecular weight excluding hydrogens is 468 g/mol. The van der Waals surface area contributed by atoms with Crippen molar-refractivity contribution in [1.29, 1.82) is 0 Å². The van der Waals surface area contributed by atoms with Gasteiger partial charge < -0.3 is 14.5 Å². The van der Waals surface area contributed by atoms with Gasteiger partial charge in [0.2, 0.25) is 15.9 Å². The molecule has 4 rings (SSSR count). The van der Waals surface area contributed by atoms with Crippen molar-refractivity contribution in [2.24, 2.45) is 0 Å². The maximum absolute atomic E-state index is 13.3. The van der Waals surface area contributed by atoms with Crippen molar-refractivity contribution in [2.75, 3.05) is 40.0 Å². The van der Waals surface area contributed by atoms with Crippen molar-refractivity contribution in [3.8, 4) is 5.75 Å². The molecule has 1 atom stereocenters. The van der Waals surface area contributed by atoms with E-state index in [0.29, 0.717) is 18.9 Å². The molecule has 1 saturated carbocycles. The molecule has 1 unspecified atom stereocenters. The SMILES string of the molecule is COc1ccc(CCN2C(=O)N(NS(=O)(=O)CC(=O)N(C)C)CC2c2ccc(C3CC3)cc2)cc1. The second kappa shape index (κ2) is 10.2. The highest BCUT2D eigenvalue weighted by atomic mass is 32.2. The topological polar surface area (TPSA) is 99.3 Å². The molecule has 2 fully saturated rings. The highest BCUT2D eigenvalue weighted by Crippen LogP contribution is 2.40. The molecule has 10 heteroatoms. The number of carbonyl (C=O) groups is 2. The van der Waals surface area contributed by atoms with E-state index in [2.05, 4.69) is 17.0 Å². The number of hydrogen-bond acceptors (Lipinski definition) is 5. The predicted octanol–water partition coefficient (Wildman–Crippen LogP) is 2.52. The number of urea groups is 1. The lowest BCUT2D eigenvalue weighted by molar-refractivity contribution is -0.126. The number of hydrogen-bond donors (Lipinski definition) is 1. The van der Waals surface area contributed by atoms with Crippen LogP contribution >= 0.6 is 0 Å². The van der Waals surface area contributed by atoms with E-state index in [1.165, 1.54) is 37.4 Å². The molecule has 1 heterocycles. The summed E-state index contributed by atoms with van der Waals surface area (Å²) in [6, 6.07) is 15.1. The molecule has 0 aromatic heterocycles. The molecule has 2 aromatic carbocycles. The molecule has 9 nitrogen and oxygen atoms in total. The number of methoxy groups -OCH3 is 1. The molecule has 1 aliphatic heterocycles. The Balaban J connectivity index is 1.52. The van der Waals surface area contributed by atoms with Gasteiger partial charge in [-0.25, -0.2) is 18.2 Å². The van der Waals surface area contributed by atoms with Crippen molar-refractivity contribution in [2.45, 2.75) is 31.2 Å². The lowest BCUT2D eigenvalue weighted by Gasteiger charge is -2.24. The van der Waals surface area contributed by atoms with Gasteiger partial charge in [0.15, 0.2) is 0 Å². The normalized spacial score (nSPS) is 18.1. The van der Waals surface area contributed by atoms with Gasteiger partial charge in [0, 0.05) is 20.6 Å². The average Bonchev–Trinajstić information content (AvgIpc) is 3.64. The second-order valence-corrected chi connectivity index (χ2v) is 11.0. The first-order valence-electron chi connectivity index (χ1n) is 11.7. The van der Waals surface area contributed by atoms with Crippen LogP contribution < -0.4 is 9.57 Å². The first kappa shape index (κ1) is 25.0. The molecule has 188 valence electrons. The monoisotopic (exact) mass is 500 g/mol. The van der Waals surface area contributed by atoms with E-state index >= 15 is 0 Å². The minimum atomic E-state index is -4.03. The van der Waals surface area contributed by atoms with Crippen LogP contribution in [-0.2, 0) is 21.2 Å². The summed E-state index contributed by atoms with van der Waals surface area (Å²) < 4.78 is 30.4. The van der Waals surface area contributed by atoms with Crippen molar-refractivity contribution in [3.05, 3.63) is 65.2 Å². The van der Waals surface area contributed by atoms with Gasteiger partial charge in [-0.05, 0) is 54.0 Å². The maximum atomic E-state index is 13.3. The van der Waals surface area contributed by atoms with E-state index in [0.717, 1.165) is 21.9 Å². The molecule has 1 saturated heterocycles. The van der Waals surface area contributed by atoms with Crippen LogP contribution in [0, 0.1) is 0 Å². The van der Waals surface area contributed by atoms with E-state index in [-0.39, 0.29) is 12.6 Å². The van der Waals surface area contributed by atoms with E-state index in [4.69, 9.17) is 4.74 Å². The number of benzene rings is 2. The Morgan fingerprint density at radius 3 is 2.26 bits per heavy atom. The summed E-state index contributed by atoms with van der Waals surface area (Å²) >= 11 is 0. The summed E-state index contributed by atoms with van der Waals surface area (Å²) in [5.74, 6) is 0.0919. The zero-order valence-corrected chi connectivity index (χ0v) is 21.1. The van der Waals surface area contributed by atoms with E-state index in [1.807, 2.05) is 36.4 Å². The number of rotatable bonds is 10. The third kappa shape index (κ3) is 6.12. The van der Waals surface area contributed by atoms with Gasteiger partial charge in [0.25, 0.3) is 0 Å². The molecule has 1 aliphatic carbocycles. The average molecular weight is 501 g/mol. The second-order valence-electron chi connectivity index (χ2n) is 9.28. The van der Waals surface area contributed by atoms with E-state index in [9.17, 15) is 18.0 Å². The molecular formula is C25H32N4O5S. The summed E-state index contributed by atoms with van der Waals surface area (Å²) in [6.45, 7) is 0.564. The zero-order chi connectivity index (χ0) is 25.2. The number of sulfonamides is 1. The highest BCUT2D eigenvalue weighted by molar-refractivity contribution is 7.90. The number of ether oxygens (including phenoxy) is 1. The third-order valence-corrected chi connectivity index (χ3v) is 7.57. The van der Waals surface area contributed by atoms with Crippen molar-refractivity contribution in [1.82, 2.24) is 19.6 Å². The molecule has 0 bridgehead atoms. The summed E-state index contributed by atoms with van der Waals surface area (Å²) in [4.78, 5) is 30.5. The van der Waals surface area contributed by atoms with Crippen molar-refractivity contribution in [3.63, 3.8) is 0 Å². The Labute approximate surface area is 206 Å². The first-order chi connectivity index (χ1) is 16.7. The Morgan fingerprint density at radius 2 is 1.69 bits per heavy atom. The number of hydrazine groups is 1. The van der Waals surface area contributed by atoms with Gasteiger partial charge in [-0.1, -0.05) is 36.4 Å². The molecule has 35 heavy (non-hydrogen) atoms. The number of nitrogens with one attached hydrogen (secondary N) is 1. The van der Waals surface area contributed by atoms with Crippen molar-refractivity contribution >= 4 is 22.0 Å². The molecule has 3 amide bonds. The Morgan fingerprint density at radius 1 is 1.06 bits per heavy atom. The summed E-state index contributed by atoms with van der Waals surface area (Å²) in [5.41, 5.74) is 3.28. The summed E-state index contributed by atoms with van der Waals surface area (Å²) in [6.07, 6.45) is 3.01. The largest absolute Gasteiger partial charge is 0.497 e. The zero-order valence-electron chi connectivity index (χ0n) is 20.3. The Bertz CT molecular complexity index is 1160. The summed E-state index contributed by atoms with van der Waals surface area (Å²) in [5, 5.41) is 1.10. The Hall–Kier alpha value is -3.11. The van der Waals surface area contributed by atoms with Gasteiger partial charge in [-0.15, -0.1) is 4.83 Å². The van der Waals surface area contributed by atoms with Gasteiger partial charge in [0.1, 0.15) is 11.5 Å². The van der Waals surface area contributed by atoms with Gasteiger partial charge >= 0.3 is 6.03 Å². The fourth-order valence-electron chi connectivity index (χ4n) is 4.19. The Kier molecular flexibility index (Phi) is 7.32. The van der Waals surface area contributed by atoms with Crippen LogP contribution in [0.5, 0.6) is 5.75 Å². The summed E-state index contributed by atoms with van der Waals surface area (Å²) in [7, 11) is 0.552. The van der Waals surface area contributed by atoms with Crippen LogP contribution in [-0.4, -0.2) is 75.2 Å². The highest BCUT2D eigenvalue weighted by Gasteiger charge is 2.40. The standard InChI is InChI=1S/C25H32N4O5S/c1-27(2)24(30)17-35(32,33)26-29-16-23(21-10-8-20(9-11-21)19-6-7-19)28(25(29)31)15-14-18-4-12-22(34-3)13-5-18/h4-5,8-13,19,23,26H,6-7,14-17H2,1-3H3. The van der Waals surface area contributed by atoms with Gasteiger partial charge in [0.05, 0.1) is 19.7 Å². The molecule has 0 radical (unpaired) electrons. The lowest BCUT2D eigenvalue weighted by atomic mass is 10.0. The van der Waals surface area contributed by atoms with Crippen LogP contribution in [0.3, 0.4) is 0 Å². The predicted molar refractivity (Wildman–Crippen MR) is 132 cm³/mol. The minimum absolute atomic E-state index is 0.152. The number of carbonyl (C=O) groups excluding carboxylic acids is 2. The first-order valence-corrected chi connectivity index (χ1v) is 13.3. The fraction of sp³-hybridized carbons (Fsp3) is 0.440. The lowest BCUT2D eigenvalue weighted by Crippen LogP contribution is -2.47. The molecule has 2 aliphatic rings. The third-order valence-electron chi connectivity index (χ3n) is 6.44. The van der Waals surface area contributed by atoms with Crippen LogP contribution in [0.2, 0.25) is 0 Å². The fourth-order valence-corrected chi connectivity index (χ4v) is 5.33. The maximum Gasteiger partial charge on any atom is 0.335 e. The van der Waals surface area contributed by atoms with Crippen molar-refractivity contribution < 1.29 is 22.7 Å². The van der Waals surface area contributed by atoms with Crippen LogP contribution in [0.1, 0.15) is 41.5 Å².